The molecule has 0 saturated heterocycles. The van der Waals surface area contributed by atoms with Crippen LogP contribution in [-0.4, -0.2) is 24.2 Å². The predicted octanol–water partition coefficient (Wildman–Crippen LogP) is 3.70. The lowest BCUT2D eigenvalue weighted by Gasteiger charge is -2.15. The van der Waals surface area contributed by atoms with Crippen molar-refractivity contribution in [3.05, 3.63) is 58.9 Å². The van der Waals surface area contributed by atoms with Gasteiger partial charge < -0.3 is 20.5 Å². The first kappa shape index (κ1) is 20.4. The van der Waals surface area contributed by atoms with Gasteiger partial charge in [0.05, 0.1) is 6.54 Å². The van der Waals surface area contributed by atoms with E-state index in [0.29, 0.717) is 23.6 Å². The minimum atomic E-state index is -2.90. The van der Waals surface area contributed by atoms with Crippen LogP contribution in [0.4, 0.5) is 13.2 Å². The van der Waals surface area contributed by atoms with Crippen molar-refractivity contribution < 1.29 is 23.0 Å². The van der Waals surface area contributed by atoms with E-state index in [4.69, 9.17) is 0 Å². The fourth-order valence-electron chi connectivity index (χ4n) is 2.40. The highest BCUT2D eigenvalue weighted by Gasteiger charge is 2.10. The first-order valence-corrected chi connectivity index (χ1v) is 8.43. The third-order valence-electron chi connectivity index (χ3n) is 3.65. The summed E-state index contributed by atoms with van der Waals surface area (Å²) in [6.45, 7) is 1.83. The van der Waals surface area contributed by atoms with Crippen LogP contribution in [0.15, 0.2) is 41.4 Å². The van der Waals surface area contributed by atoms with Gasteiger partial charge in [0.15, 0.2) is 17.5 Å². The molecule has 0 unspecified atom stereocenters. The van der Waals surface area contributed by atoms with E-state index in [-0.39, 0.29) is 18.8 Å². The van der Waals surface area contributed by atoms with Crippen molar-refractivity contribution >= 4 is 5.96 Å². The van der Waals surface area contributed by atoms with Crippen molar-refractivity contribution in [2.45, 2.75) is 33.5 Å². The van der Waals surface area contributed by atoms with Gasteiger partial charge in [-0.2, -0.15) is 8.78 Å². The summed E-state index contributed by atoms with van der Waals surface area (Å²) in [4.78, 5) is 4.34. The first-order chi connectivity index (χ1) is 12.9. The summed E-state index contributed by atoms with van der Waals surface area (Å²) >= 11 is 0. The maximum absolute atomic E-state index is 13.4. The lowest BCUT2D eigenvalue weighted by atomic mass is 10.1. The Labute approximate surface area is 155 Å². The Hall–Kier alpha value is -2.90. The number of benzene rings is 2. The Balaban J connectivity index is 2.09. The van der Waals surface area contributed by atoms with Crippen LogP contribution in [-0.2, 0) is 13.1 Å². The summed E-state index contributed by atoms with van der Waals surface area (Å²) in [6.07, 6.45) is 0. The van der Waals surface area contributed by atoms with Crippen molar-refractivity contribution in [2.24, 2.45) is 4.99 Å². The Morgan fingerprint density at radius 3 is 2.63 bits per heavy atom. The lowest BCUT2D eigenvalue weighted by Crippen LogP contribution is -2.36. The lowest BCUT2D eigenvalue weighted by molar-refractivity contribution is -0.0504. The largest absolute Gasteiger partial charge is 0.505 e. The molecule has 0 aliphatic carbocycles. The minimum Gasteiger partial charge on any atom is -0.505 e. The fraction of sp³-hybridized carbons (Fsp3) is 0.316. The topological polar surface area (TPSA) is 65.9 Å². The van der Waals surface area contributed by atoms with Crippen molar-refractivity contribution in [2.75, 3.05) is 6.54 Å². The molecule has 0 amide bonds. The SMILES string of the molecule is CCNC(=NCc1ccc(O)c(F)c1)NCc1cc(C)ccc1OC(F)F. The third-order valence-corrected chi connectivity index (χ3v) is 3.65. The van der Waals surface area contributed by atoms with Crippen molar-refractivity contribution in [1.82, 2.24) is 10.6 Å². The van der Waals surface area contributed by atoms with E-state index in [1.165, 1.54) is 18.2 Å². The number of guanidine groups is 1. The van der Waals surface area contributed by atoms with E-state index in [0.717, 1.165) is 5.56 Å². The molecule has 0 spiro atoms. The van der Waals surface area contributed by atoms with E-state index in [9.17, 15) is 18.3 Å². The number of halogens is 3. The average molecular weight is 381 g/mol. The van der Waals surface area contributed by atoms with E-state index in [2.05, 4.69) is 20.4 Å². The summed E-state index contributed by atoms with van der Waals surface area (Å²) in [5.74, 6) is -0.594. The summed E-state index contributed by atoms with van der Waals surface area (Å²) in [6, 6.07) is 8.99. The molecule has 2 aromatic carbocycles. The van der Waals surface area contributed by atoms with Gasteiger partial charge in [0.2, 0.25) is 0 Å². The van der Waals surface area contributed by atoms with Gasteiger partial charge in [-0.3, -0.25) is 0 Å². The Morgan fingerprint density at radius 1 is 1.19 bits per heavy atom. The van der Waals surface area contributed by atoms with Crippen LogP contribution in [0.2, 0.25) is 0 Å². The highest BCUT2D eigenvalue weighted by Crippen LogP contribution is 2.22. The second kappa shape index (κ2) is 9.70. The molecule has 0 aliphatic rings. The van der Waals surface area contributed by atoms with Crippen LogP contribution in [0.25, 0.3) is 0 Å². The van der Waals surface area contributed by atoms with Gasteiger partial charge in [0.25, 0.3) is 0 Å². The number of aliphatic imine (C=N–C) groups is 1. The molecule has 5 nitrogen and oxygen atoms in total. The van der Waals surface area contributed by atoms with E-state index in [1.54, 1.807) is 18.2 Å². The smallest absolute Gasteiger partial charge is 0.387 e. The number of hydrogen-bond donors (Lipinski definition) is 3. The summed E-state index contributed by atoms with van der Waals surface area (Å²) in [5, 5.41) is 15.3. The number of ether oxygens (including phenoxy) is 1. The van der Waals surface area contributed by atoms with Gasteiger partial charge in [0.1, 0.15) is 5.75 Å². The standard InChI is InChI=1S/C19H22F3N3O2/c1-3-23-19(24-10-13-5-6-16(26)15(20)9-13)25-11-14-8-12(2)4-7-17(14)27-18(21)22/h4-9,18,26H,3,10-11H2,1-2H3,(H2,23,24,25). The molecule has 0 saturated carbocycles. The summed E-state index contributed by atoms with van der Waals surface area (Å²) in [7, 11) is 0. The fourth-order valence-corrected chi connectivity index (χ4v) is 2.40. The van der Waals surface area contributed by atoms with Crippen molar-refractivity contribution in [1.29, 1.82) is 0 Å². The second-order valence-electron chi connectivity index (χ2n) is 5.82. The van der Waals surface area contributed by atoms with Gasteiger partial charge in [0, 0.05) is 18.7 Å². The zero-order chi connectivity index (χ0) is 19.8. The molecule has 0 aliphatic heterocycles. The molecule has 0 heterocycles. The number of hydrogen-bond acceptors (Lipinski definition) is 3. The molecule has 3 N–H and O–H groups in total. The first-order valence-electron chi connectivity index (χ1n) is 8.43. The second-order valence-corrected chi connectivity index (χ2v) is 5.82. The Kier molecular flexibility index (Phi) is 7.34. The molecule has 146 valence electrons. The number of phenolic OH excluding ortho intramolecular Hbond substituents is 1. The normalized spacial score (nSPS) is 11.6. The van der Waals surface area contributed by atoms with E-state index < -0.39 is 18.2 Å². The number of rotatable bonds is 7. The third kappa shape index (κ3) is 6.40. The molecule has 8 heteroatoms. The van der Waals surface area contributed by atoms with Crippen LogP contribution >= 0.6 is 0 Å². The molecular weight excluding hydrogens is 359 g/mol. The molecule has 0 bridgehead atoms. The predicted molar refractivity (Wildman–Crippen MR) is 97.5 cm³/mol. The molecule has 2 rings (SSSR count). The molecule has 2 aromatic rings. The number of aryl methyl sites for hydroxylation is 1. The van der Waals surface area contributed by atoms with Crippen molar-refractivity contribution in [3.63, 3.8) is 0 Å². The molecule has 0 radical (unpaired) electrons. The number of alkyl halides is 2. The Bertz CT molecular complexity index is 798. The highest BCUT2D eigenvalue weighted by molar-refractivity contribution is 5.79. The number of nitrogens with zero attached hydrogens (tertiary/aromatic N) is 1. The Morgan fingerprint density at radius 2 is 1.96 bits per heavy atom. The quantitative estimate of drug-likeness (QED) is 0.506. The van der Waals surface area contributed by atoms with E-state index >= 15 is 0 Å². The van der Waals surface area contributed by atoms with Crippen LogP contribution in [0.1, 0.15) is 23.6 Å². The van der Waals surface area contributed by atoms with Gasteiger partial charge in [-0.25, -0.2) is 9.38 Å². The van der Waals surface area contributed by atoms with Gasteiger partial charge in [-0.1, -0.05) is 23.8 Å². The zero-order valence-corrected chi connectivity index (χ0v) is 15.1. The van der Waals surface area contributed by atoms with Crippen molar-refractivity contribution in [3.8, 4) is 11.5 Å². The number of phenols is 1. The number of aromatic hydroxyl groups is 1. The number of nitrogens with one attached hydrogen (secondary N) is 2. The van der Waals surface area contributed by atoms with Crippen LogP contribution in [0, 0.1) is 12.7 Å². The monoisotopic (exact) mass is 381 g/mol. The maximum atomic E-state index is 13.4. The minimum absolute atomic E-state index is 0.0968. The maximum Gasteiger partial charge on any atom is 0.387 e. The van der Waals surface area contributed by atoms with Gasteiger partial charge >= 0.3 is 6.61 Å². The van der Waals surface area contributed by atoms with Crippen LogP contribution in [0.3, 0.4) is 0 Å². The van der Waals surface area contributed by atoms with Crippen LogP contribution in [0.5, 0.6) is 11.5 Å². The molecule has 0 atom stereocenters. The van der Waals surface area contributed by atoms with E-state index in [1.807, 2.05) is 13.8 Å². The zero-order valence-electron chi connectivity index (χ0n) is 15.1. The highest BCUT2D eigenvalue weighted by atomic mass is 19.3. The van der Waals surface area contributed by atoms with Crippen LogP contribution < -0.4 is 15.4 Å². The molecular formula is C19H22F3N3O2. The molecule has 0 fully saturated rings. The molecule has 27 heavy (non-hydrogen) atoms. The summed E-state index contributed by atoms with van der Waals surface area (Å²) < 4.78 is 43.1. The van der Waals surface area contributed by atoms with Gasteiger partial charge in [-0.05, 0) is 37.6 Å². The summed E-state index contributed by atoms with van der Waals surface area (Å²) in [5.41, 5.74) is 2.06. The molecule has 0 aromatic heterocycles. The average Bonchev–Trinajstić information content (AvgIpc) is 2.62. The van der Waals surface area contributed by atoms with Gasteiger partial charge in [-0.15, -0.1) is 0 Å².